The molecular formula is C9H7N3OS. The predicted molar refractivity (Wildman–Crippen MR) is 54.0 cm³/mol. The van der Waals surface area contributed by atoms with Gasteiger partial charge in [0, 0.05) is 29.1 Å². The maximum atomic E-state index is 10.7. The van der Waals surface area contributed by atoms with Crippen molar-refractivity contribution in [1.29, 1.82) is 0 Å². The Balaban J connectivity index is 2.19. The second kappa shape index (κ2) is 4.06. The molecule has 0 amide bonds. The van der Waals surface area contributed by atoms with E-state index in [0.717, 1.165) is 4.90 Å². The quantitative estimate of drug-likeness (QED) is 0.739. The maximum Gasteiger partial charge on any atom is 0.291 e. The number of aromatic nitrogens is 3. The lowest BCUT2D eigenvalue weighted by molar-refractivity contribution is 0.798. The predicted octanol–water partition coefficient (Wildman–Crippen LogP) is 1.19. The van der Waals surface area contributed by atoms with Gasteiger partial charge < -0.3 is 0 Å². The summed E-state index contributed by atoms with van der Waals surface area (Å²) in [5.41, 5.74) is -0.324. The molecule has 0 radical (unpaired) electrons. The highest BCUT2D eigenvalue weighted by Gasteiger charge is 1.94. The SMILES string of the molecule is O=c1ccn(Sc2ccccc2)nn1. The Morgan fingerprint density at radius 1 is 1.14 bits per heavy atom. The second-order valence-corrected chi connectivity index (χ2v) is 3.58. The van der Waals surface area contributed by atoms with E-state index in [1.165, 1.54) is 22.1 Å². The molecule has 70 valence electrons. The Hall–Kier alpha value is -1.62. The van der Waals surface area contributed by atoms with Gasteiger partial charge in [0.15, 0.2) is 0 Å². The lowest BCUT2D eigenvalue weighted by atomic mass is 10.4. The fraction of sp³-hybridized carbons (Fsp3) is 0. The molecular weight excluding hydrogens is 198 g/mol. The van der Waals surface area contributed by atoms with Gasteiger partial charge in [-0.05, 0) is 12.1 Å². The van der Waals surface area contributed by atoms with Gasteiger partial charge >= 0.3 is 0 Å². The van der Waals surface area contributed by atoms with Crippen molar-refractivity contribution in [3.05, 3.63) is 52.9 Å². The van der Waals surface area contributed by atoms with Crippen LogP contribution in [0.1, 0.15) is 0 Å². The van der Waals surface area contributed by atoms with Crippen LogP contribution in [0.3, 0.4) is 0 Å². The summed E-state index contributed by atoms with van der Waals surface area (Å²) in [5, 5.41) is 7.10. The molecule has 1 aromatic heterocycles. The summed E-state index contributed by atoms with van der Waals surface area (Å²) in [5.74, 6) is 0. The van der Waals surface area contributed by atoms with E-state index in [9.17, 15) is 4.79 Å². The molecule has 2 rings (SSSR count). The Bertz CT molecular complexity index is 448. The zero-order valence-corrected chi connectivity index (χ0v) is 8.02. The molecule has 0 saturated carbocycles. The normalized spacial score (nSPS) is 10.0. The number of rotatable bonds is 2. The summed E-state index contributed by atoms with van der Waals surface area (Å²) >= 11 is 1.40. The first-order valence-corrected chi connectivity index (χ1v) is 4.78. The average molecular weight is 205 g/mol. The molecule has 0 fully saturated rings. The number of benzene rings is 1. The van der Waals surface area contributed by atoms with E-state index in [4.69, 9.17) is 0 Å². The van der Waals surface area contributed by atoms with Crippen LogP contribution in [-0.2, 0) is 0 Å². The molecule has 0 spiro atoms. The lowest BCUT2D eigenvalue weighted by Crippen LogP contribution is -2.10. The van der Waals surface area contributed by atoms with E-state index in [2.05, 4.69) is 10.3 Å². The van der Waals surface area contributed by atoms with Crippen LogP contribution < -0.4 is 5.56 Å². The minimum Gasteiger partial charge on any atom is -0.266 e. The van der Waals surface area contributed by atoms with Gasteiger partial charge in [-0.1, -0.05) is 28.5 Å². The first-order valence-electron chi connectivity index (χ1n) is 4.01. The molecule has 5 heteroatoms. The van der Waals surface area contributed by atoms with Crippen molar-refractivity contribution < 1.29 is 0 Å². The molecule has 0 aliphatic heterocycles. The van der Waals surface area contributed by atoms with Crippen molar-refractivity contribution in [2.45, 2.75) is 4.90 Å². The van der Waals surface area contributed by atoms with Gasteiger partial charge in [0.25, 0.3) is 5.56 Å². The van der Waals surface area contributed by atoms with Crippen LogP contribution in [-0.4, -0.2) is 14.4 Å². The Morgan fingerprint density at radius 3 is 2.57 bits per heavy atom. The van der Waals surface area contributed by atoms with Crippen molar-refractivity contribution in [1.82, 2.24) is 14.4 Å². The lowest BCUT2D eigenvalue weighted by Gasteiger charge is -2.00. The molecule has 4 nitrogen and oxygen atoms in total. The fourth-order valence-corrected chi connectivity index (χ4v) is 1.61. The maximum absolute atomic E-state index is 10.7. The molecule has 0 unspecified atom stereocenters. The zero-order valence-electron chi connectivity index (χ0n) is 7.20. The third-order valence-corrected chi connectivity index (χ3v) is 2.38. The molecule has 0 bridgehead atoms. The third-order valence-electron chi connectivity index (χ3n) is 1.52. The van der Waals surface area contributed by atoms with E-state index in [1.807, 2.05) is 30.3 Å². The highest BCUT2D eigenvalue weighted by Crippen LogP contribution is 2.16. The smallest absolute Gasteiger partial charge is 0.266 e. The summed E-state index contributed by atoms with van der Waals surface area (Å²) in [6.07, 6.45) is 1.59. The minimum absolute atomic E-state index is 0.324. The third kappa shape index (κ3) is 2.20. The Kier molecular flexibility index (Phi) is 2.60. The van der Waals surface area contributed by atoms with Crippen molar-refractivity contribution >= 4 is 11.9 Å². The van der Waals surface area contributed by atoms with E-state index < -0.39 is 0 Å². The summed E-state index contributed by atoms with van der Waals surface area (Å²) in [4.78, 5) is 11.7. The molecule has 14 heavy (non-hydrogen) atoms. The van der Waals surface area contributed by atoms with Gasteiger partial charge in [0.2, 0.25) is 0 Å². The molecule has 1 heterocycles. The summed E-state index contributed by atoms with van der Waals surface area (Å²) < 4.78 is 1.54. The van der Waals surface area contributed by atoms with Crippen molar-refractivity contribution in [2.24, 2.45) is 0 Å². The van der Waals surface area contributed by atoms with Gasteiger partial charge in [-0.3, -0.25) is 4.79 Å². The van der Waals surface area contributed by atoms with Gasteiger partial charge in [0.1, 0.15) is 0 Å². The van der Waals surface area contributed by atoms with Crippen LogP contribution in [0, 0.1) is 0 Å². The zero-order chi connectivity index (χ0) is 9.80. The highest BCUT2D eigenvalue weighted by molar-refractivity contribution is 7.97. The number of hydrogen-bond acceptors (Lipinski definition) is 4. The standard InChI is InChI=1S/C9H7N3OS/c13-9-6-7-12(11-10-9)14-8-4-2-1-3-5-8/h1-7H. The van der Waals surface area contributed by atoms with Crippen LogP contribution in [0.2, 0.25) is 0 Å². The van der Waals surface area contributed by atoms with E-state index in [-0.39, 0.29) is 5.56 Å². The van der Waals surface area contributed by atoms with E-state index in [1.54, 1.807) is 6.20 Å². The summed E-state index contributed by atoms with van der Waals surface area (Å²) in [7, 11) is 0. The molecule has 0 aliphatic carbocycles. The monoisotopic (exact) mass is 205 g/mol. The van der Waals surface area contributed by atoms with Crippen LogP contribution in [0.25, 0.3) is 0 Å². The molecule has 0 atom stereocenters. The first-order chi connectivity index (χ1) is 6.84. The first kappa shape index (κ1) is 8.96. The van der Waals surface area contributed by atoms with Crippen LogP contribution in [0.5, 0.6) is 0 Å². The molecule has 0 aliphatic rings. The van der Waals surface area contributed by atoms with E-state index in [0.29, 0.717) is 0 Å². The minimum atomic E-state index is -0.324. The highest BCUT2D eigenvalue weighted by atomic mass is 32.2. The Morgan fingerprint density at radius 2 is 1.93 bits per heavy atom. The molecule has 1 aromatic carbocycles. The van der Waals surface area contributed by atoms with E-state index >= 15 is 0 Å². The average Bonchev–Trinajstić information content (AvgIpc) is 2.23. The van der Waals surface area contributed by atoms with Crippen LogP contribution in [0.15, 0.2) is 52.3 Å². The molecule has 2 aromatic rings. The van der Waals surface area contributed by atoms with Gasteiger partial charge in [-0.15, -0.1) is 0 Å². The largest absolute Gasteiger partial charge is 0.291 e. The van der Waals surface area contributed by atoms with Gasteiger partial charge in [0.05, 0.1) is 0 Å². The van der Waals surface area contributed by atoms with Crippen molar-refractivity contribution in [2.75, 3.05) is 0 Å². The summed E-state index contributed by atoms with van der Waals surface area (Å²) in [6.45, 7) is 0. The van der Waals surface area contributed by atoms with Crippen LogP contribution >= 0.6 is 11.9 Å². The van der Waals surface area contributed by atoms with Crippen molar-refractivity contribution in [3.8, 4) is 0 Å². The van der Waals surface area contributed by atoms with Gasteiger partial charge in [-0.2, -0.15) is 4.09 Å². The number of hydrogen-bond donors (Lipinski definition) is 0. The van der Waals surface area contributed by atoms with Gasteiger partial charge in [-0.25, -0.2) is 0 Å². The summed E-state index contributed by atoms with van der Waals surface area (Å²) in [6, 6.07) is 11.1. The van der Waals surface area contributed by atoms with Crippen molar-refractivity contribution in [3.63, 3.8) is 0 Å². The molecule has 0 N–H and O–H groups in total. The second-order valence-electron chi connectivity index (χ2n) is 2.55. The van der Waals surface area contributed by atoms with Crippen LogP contribution in [0.4, 0.5) is 0 Å². The number of nitrogens with zero attached hydrogens (tertiary/aromatic N) is 3. The Labute approximate surface area is 84.7 Å². The molecule has 0 saturated heterocycles. The topological polar surface area (TPSA) is 47.8 Å². The fourth-order valence-electron chi connectivity index (χ4n) is 0.917.